The lowest BCUT2D eigenvalue weighted by atomic mass is 9.31. The normalized spacial score (nSPS) is 54.6. The number of hydrogen-bond acceptors (Lipinski definition) is 10. The molecule has 0 bridgehead atoms. The SMILES string of the molecule is C[C@]1(CO)CC[C@]2(C(=O)O)CC[C@]3(C)C(=CC[C@@H]4[C@@]5(C)[C@H](C[C@@H]6CNC(=O)C6)[C@@H](O)[C@@H](O[C@@H]6OC[C@@H](O)[C@H](O)[C@H]6O)[C@@](C)(CO)[C@H]5CC[C@]43C)[C@@H]2C1. The third-order valence-electron chi connectivity index (χ3n) is 17.2. The van der Waals surface area contributed by atoms with E-state index in [1.165, 1.54) is 5.57 Å². The number of carboxylic acid groups (broad SMARTS) is 1. The van der Waals surface area contributed by atoms with Crippen LogP contribution in [0, 0.1) is 62.1 Å². The first-order valence-corrected chi connectivity index (χ1v) is 19.8. The molecule has 5 aliphatic carbocycles. The van der Waals surface area contributed by atoms with E-state index in [0.717, 1.165) is 12.8 Å². The minimum atomic E-state index is -1.56. The highest BCUT2D eigenvalue weighted by Gasteiger charge is 2.73. The molecule has 7 aliphatic rings. The van der Waals surface area contributed by atoms with E-state index in [2.05, 4.69) is 39.1 Å². The fourth-order valence-corrected chi connectivity index (χ4v) is 13.8. The van der Waals surface area contributed by atoms with E-state index in [4.69, 9.17) is 9.47 Å². The van der Waals surface area contributed by atoms with Gasteiger partial charge >= 0.3 is 5.97 Å². The monoisotopic (exact) mass is 733 g/mol. The molecule has 17 atom stereocenters. The maximum atomic E-state index is 13.2. The van der Waals surface area contributed by atoms with Crippen molar-refractivity contribution in [1.29, 1.82) is 0 Å². The zero-order chi connectivity index (χ0) is 37.8. The lowest BCUT2D eigenvalue weighted by Gasteiger charge is -2.73. The Morgan fingerprint density at radius 1 is 0.942 bits per heavy atom. The molecule has 0 spiro atoms. The van der Waals surface area contributed by atoms with Crippen molar-refractivity contribution in [1.82, 2.24) is 5.32 Å². The highest BCUT2D eigenvalue weighted by atomic mass is 16.7. The lowest BCUT2D eigenvalue weighted by Crippen LogP contribution is -2.72. The van der Waals surface area contributed by atoms with Gasteiger partial charge in [0.1, 0.15) is 18.3 Å². The second-order valence-electron chi connectivity index (χ2n) is 19.5. The van der Waals surface area contributed by atoms with E-state index in [0.29, 0.717) is 57.9 Å². The highest BCUT2D eigenvalue weighted by molar-refractivity contribution is 5.78. The quantitative estimate of drug-likeness (QED) is 0.141. The van der Waals surface area contributed by atoms with Gasteiger partial charge < -0.3 is 50.5 Å². The average Bonchev–Trinajstić information content (AvgIpc) is 3.53. The van der Waals surface area contributed by atoms with Crippen LogP contribution in [0.4, 0.5) is 0 Å². The van der Waals surface area contributed by atoms with Gasteiger partial charge in [0.15, 0.2) is 6.29 Å². The first-order chi connectivity index (χ1) is 24.3. The number of ether oxygens (including phenoxy) is 2. The van der Waals surface area contributed by atoms with Crippen LogP contribution >= 0.6 is 0 Å². The highest BCUT2D eigenvalue weighted by Crippen LogP contribution is 2.77. The van der Waals surface area contributed by atoms with Crippen LogP contribution in [0.5, 0.6) is 0 Å². The molecule has 12 heteroatoms. The first kappa shape index (κ1) is 38.6. The molecule has 8 N–H and O–H groups in total. The van der Waals surface area contributed by atoms with E-state index in [1.807, 2.05) is 6.92 Å². The average molecular weight is 734 g/mol. The van der Waals surface area contributed by atoms with Gasteiger partial charge in [0, 0.05) is 25.0 Å². The van der Waals surface area contributed by atoms with Crippen LogP contribution in [0.1, 0.15) is 98.8 Å². The summed E-state index contributed by atoms with van der Waals surface area (Å²) in [4.78, 5) is 25.6. The van der Waals surface area contributed by atoms with Gasteiger partial charge in [-0.1, -0.05) is 46.3 Å². The molecule has 12 nitrogen and oxygen atoms in total. The number of rotatable bonds is 7. The van der Waals surface area contributed by atoms with Gasteiger partial charge in [0.05, 0.1) is 30.8 Å². The molecule has 2 saturated heterocycles. The Morgan fingerprint density at radius 3 is 2.29 bits per heavy atom. The summed E-state index contributed by atoms with van der Waals surface area (Å²) in [5.74, 6) is -1.42. The number of nitrogens with one attached hydrogen (secondary N) is 1. The van der Waals surface area contributed by atoms with Crippen LogP contribution in [0.3, 0.4) is 0 Å². The molecule has 0 radical (unpaired) electrons. The number of carbonyl (C=O) groups is 2. The summed E-state index contributed by atoms with van der Waals surface area (Å²) in [6, 6.07) is 0. The maximum absolute atomic E-state index is 13.2. The number of amides is 1. The lowest BCUT2D eigenvalue weighted by molar-refractivity contribution is -0.340. The maximum Gasteiger partial charge on any atom is 0.310 e. The molecular weight excluding hydrogens is 670 g/mol. The molecule has 2 heterocycles. The van der Waals surface area contributed by atoms with Crippen molar-refractivity contribution in [3.05, 3.63) is 11.6 Å². The van der Waals surface area contributed by atoms with E-state index >= 15 is 0 Å². The minimum Gasteiger partial charge on any atom is -0.481 e. The minimum absolute atomic E-state index is 0.0139. The summed E-state index contributed by atoms with van der Waals surface area (Å²) < 4.78 is 12.1. The van der Waals surface area contributed by atoms with Crippen molar-refractivity contribution < 1.29 is 54.8 Å². The number of aliphatic hydroxyl groups excluding tert-OH is 6. The predicted molar refractivity (Wildman–Crippen MR) is 188 cm³/mol. The van der Waals surface area contributed by atoms with E-state index in [9.17, 15) is 45.3 Å². The standard InChI is InChI=1S/C40H63NO11/c1-35(19-42)10-12-40(34(49)50)13-11-37(3)22(24(40)16-35)6-7-27-38(37,4)9-8-26-36(2,20-43)32(52-33-31(48)30(47)25(44)18-51-33)29(46)23(39(26,27)5)14-21-15-28(45)41-17-21/h6,21,23-27,29-33,42-44,46-48H,7-20H2,1-5H3,(H,41,45)(H,49,50)/t21-,23+,24-,25+,26+,27-,29+,30-,31+,32+,33-,35-,36-,37+,38+,39-,40-/m0/s1. The third kappa shape index (κ3) is 5.28. The smallest absolute Gasteiger partial charge is 0.310 e. The van der Waals surface area contributed by atoms with Gasteiger partial charge in [0.2, 0.25) is 5.91 Å². The molecule has 52 heavy (non-hydrogen) atoms. The first-order valence-electron chi connectivity index (χ1n) is 19.8. The van der Waals surface area contributed by atoms with Crippen LogP contribution in [0.15, 0.2) is 11.6 Å². The molecule has 294 valence electrons. The number of fused-ring (bicyclic) bond motifs is 7. The van der Waals surface area contributed by atoms with Crippen LogP contribution in [0.2, 0.25) is 0 Å². The van der Waals surface area contributed by atoms with Gasteiger partial charge in [0.25, 0.3) is 0 Å². The molecule has 1 amide bonds. The molecule has 0 aromatic heterocycles. The fraction of sp³-hybridized carbons (Fsp3) is 0.900. The summed E-state index contributed by atoms with van der Waals surface area (Å²) in [7, 11) is 0. The number of aliphatic carboxylic acids is 1. The molecule has 6 fully saturated rings. The van der Waals surface area contributed by atoms with Crippen molar-refractivity contribution in [2.24, 2.45) is 62.1 Å². The van der Waals surface area contributed by atoms with E-state index < -0.39 is 59.0 Å². The Hall–Kier alpha value is -1.64. The largest absolute Gasteiger partial charge is 0.481 e. The Kier molecular flexibility index (Phi) is 9.63. The van der Waals surface area contributed by atoms with Crippen molar-refractivity contribution in [3.8, 4) is 0 Å². The number of hydrogen-bond donors (Lipinski definition) is 8. The van der Waals surface area contributed by atoms with Crippen LogP contribution in [0.25, 0.3) is 0 Å². The van der Waals surface area contributed by atoms with Crippen molar-refractivity contribution >= 4 is 11.9 Å². The van der Waals surface area contributed by atoms with E-state index in [1.54, 1.807) is 0 Å². The van der Waals surface area contributed by atoms with Crippen LogP contribution in [-0.4, -0.2) is 111 Å². The second kappa shape index (κ2) is 13.0. The molecule has 0 unspecified atom stereocenters. The number of carbonyl (C=O) groups excluding carboxylic acids is 1. The Morgan fingerprint density at radius 2 is 1.65 bits per heavy atom. The summed E-state index contributed by atoms with van der Waals surface area (Å²) in [6.45, 7) is 11.0. The van der Waals surface area contributed by atoms with Gasteiger partial charge in [-0.2, -0.15) is 0 Å². The third-order valence-corrected chi connectivity index (χ3v) is 17.2. The zero-order valence-corrected chi connectivity index (χ0v) is 31.6. The van der Waals surface area contributed by atoms with Gasteiger partial charge in [-0.3, -0.25) is 9.59 Å². The summed E-state index contributed by atoms with van der Waals surface area (Å²) in [6.07, 6.45) is 0.832. The van der Waals surface area contributed by atoms with Crippen LogP contribution < -0.4 is 5.32 Å². The van der Waals surface area contributed by atoms with Gasteiger partial charge in [-0.25, -0.2) is 0 Å². The Balaban J connectivity index is 1.31. The van der Waals surface area contributed by atoms with E-state index in [-0.39, 0.29) is 71.6 Å². The molecule has 4 saturated carbocycles. The fourth-order valence-electron chi connectivity index (χ4n) is 13.8. The van der Waals surface area contributed by atoms with Gasteiger partial charge in [-0.05, 0) is 109 Å². The molecule has 0 aromatic rings. The van der Waals surface area contributed by atoms with Crippen molar-refractivity contribution in [2.75, 3.05) is 26.4 Å². The topological polar surface area (TPSA) is 206 Å². The Labute approximate surface area is 307 Å². The summed E-state index contributed by atoms with van der Waals surface area (Å²) in [5, 5.41) is 79.7. The molecule has 0 aromatic carbocycles. The predicted octanol–water partition coefficient (Wildman–Crippen LogP) is 2.36. The number of aliphatic hydroxyl groups is 6. The zero-order valence-electron chi connectivity index (χ0n) is 31.6. The van der Waals surface area contributed by atoms with Crippen molar-refractivity contribution in [2.45, 2.75) is 136 Å². The molecule has 2 aliphatic heterocycles. The van der Waals surface area contributed by atoms with Crippen LogP contribution in [-0.2, 0) is 19.1 Å². The van der Waals surface area contributed by atoms with Gasteiger partial charge in [-0.15, -0.1) is 0 Å². The second-order valence-corrected chi connectivity index (χ2v) is 19.5. The summed E-state index contributed by atoms with van der Waals surface area (Å²) in [5.41, 5.74) is -2.13. The van der Waals surface area contributed by atoms with Crippen molar-refractivity contribution in [3.63, 3.8) is 0 Å². The Bertz CT molecular complexity index is 1460. The summed E-state index contributed by atoms with van der Waals surface area (Å²) >= 11 is 0. The molecule has 7 rings (SSSR count). The number of allylic oxidation sites excluding steroid dienone is 2. The number of carboxylic acids is 1. The molecular formula is C40H63NO11.